The summed E-state index contributed by atoms with van der Waals surface area (Å²) in [5.41, 5.74) is 1.33. The molecule has 0 aliphatic carbocycles. The molecular weight excluding hydrogens is 502 g/mol. The van der Waals surface area contributed by atoms with Crippen molar-refractivity contribution in [2.24, 2.45) is 0 Å². The molecule has 39 heavy (non-hydrogen) atoms. The number of nitrogens with zero attached hydrogens (tertiary/aromatic N) is 1. The van der Waals surface area contributed by atoms with Gasteiger partial charge in [-0.2, -0.15) is 0 Å². The van der Waals surface area contributed by atoms with Crippen LogP contribution >= 0.6 is 0 Å². The molecule has 0 radical (unpaired) electrons. The van der Waals surface area contributed by atoms with Gasteiger partial charge in [0.05, 0.1) is 24.3 Å². The highest BCUT2D eigenvalue weighted by Gasteiger charge is 2.37. The molecule has 10 nitrogen and oxygen atoms in total. The fourth-order valence-corrected chi connectivity index (χ4v) is 4.63. The van der Waals surface area contributed by atoms with Gasteiger partial charge in [0.2, 0.25) is 5.91 Å². The molecule has 2 heterocycles. The van der Waals surface area contributed by atoms with Gasteiger partial charge in [0.1, 0.15) is 11.5 Å². The summed E-state index contributed by atoms with van der Waals surface area (Å²) in [6, 6.07) is 19.6. The molecular formula is C29H27N3O7. The first kappa shape index (κ1) is 25.9. The van der Waals surface area contributed by atoms with E-state index in [0.29, 0.717) is 17.9 Å². The summed E-state index contributed by atoms with van der Waals surface area (Å²) in [5.74, 6) is -1.56. The second kappa shape index (κ2) is 11.4. The lowest BCUT2D eigenvalue weighted by molar-refractivity contribution is -0.122. The maximum Gasteiger partial charge on any atom is 0.335 e. The van der Waals surface area contributed by atoms with E-state index in [1.54, 1.807) is 47.4 Å². The lowest BCUT2D eigenvalue weighted by Crippen LogP contribution is -2.45. The molecule has 3 aromatic carbocycles. The van der Waals surface area contributed by atoms with Crippen LogP contribution in [0.3, 0.4) is 0 Å². The van der Waals surface area contributed by atoms with Gasteiger partial charge in [-0.3, -0.25) is 14.4 Å². The molecule has 1 fully saturated rings. The minimum absolute atomic E-state index is 0.00958. The third-order valence-electron chi connectivity index (χ3n) is 6.57. The molecule has 3 N–H and O–H groups in total. The van der Waals surface area contributed by atoms with Crippen LogP contribution in [0.2, 0.25) is 0 Å². The fraction of sp³-hybridized carbons (Fsp3) is 0.241. The number of hydrogen-bond acceptors (Lipinski definition) is 6. The summed E-state index contributed by atoms with van der Waals surface area (Å²) in [6.07, 6.45) is -0.464. The van der Waals surface area contributed by atoms with Gasteiger partial charge >= 0.3 is 5.97 Å². The first-order valence-corrected chi connectivity index (χ1v) is 12.5. The number of hydrogen-bond donors (Lipinski definition) is 3. The lowest BCUT2D eigenvalue weighted by Gasteiger charge is -2.20. The Hall–Kier alpha value is -4.70. The number of carbonyl (C=O) groups is 4. The van der Waals surface area contributed by atoms with Gasteiger partial charge in [-0.25, -0.2) is 4.79 Å². The molecule has 3 amide bonds. The van der Waals surface area contributed by atoms with Crippen molar-refractivity contribution in [3.8, 4) is 11.5 Å². The molecule has 1 saturated heterocycles. The Bertz CT molecular complexity index is 1410. The standard InChI is InChI=1S/C29H27N3O7/c33-26-9-10-30-27(34)20-12-21(29(36)37)14-23(13-20)39-22-8-4-5-18(11-22)17-38-25-16-32(15-24(25)31-26)28(35)19-6-2-1-3-7-19/h1-8,11-14,24-25H,9-10,15-17H2,(H,30,34)(H,31,33)(H,36,37)/t24-,25-/m0/s1. The van der Waals surface area contributed by atoms with E-state index in [-0.39, 0.29) is 54.8 Å². The average Bonchev–Trinajstić information content (AvgIpc) is 3.33. The van der Waals surface area contributed by atoms with E-state index in [2.05, 4.69) is 10.6 Å². The molecule has 2 aliphatic heterocycles. The topological polar surface area (TPSA) is 134 Å². The predicted molar refractivity (Wildman–Crippen MR) is 140 cm³/mol. The van der Waals surface area contributed by atoms with Crippen LogP contribution in [0.25, 0.3) is 0 Å². The van der Waals surface area contributed by atoms with E-state index in [4.69, 9.17) is 9.47 Å². The van der Waals surface area contributed by atoms with Gasteiger partial charge in [0.25, 0.3) is 11.8 Å². The predicted octanol–water partition coefficient (Wildman–Crippen LogP) is 2.84. The van der Waals surface area contributed by atoms with Gasteiger partial charge < -0.3 is 30.1 Å². The third-order valence-corrected chi connectivity index (χ3v) is 6.57. The van der Waals surface area contributed by atoms with Gasteiger partial charge in [-0.05, 0) is 48.0 Å². The monoisotopic (exact) mass is 529 g/mol. The van der Waals surface area contributed by atoms with E-state index >= 15 is 0 Å². The summed E-state index contributed by atoms with van der Waals surface area (Å²) >= 11 is 0. The van der Waals surface area contributed by atoms with Crippen molar-refractivity contribution in [2.45, 2.75) is 25.2 Å². The zero-order chi connectivity index (χ0) is 27.4. The van der Waals surface area contributed by atoms with Crippen molar-refractivity contribution < 1.29 is 33.8 Å². The summed E-state index contributed by atoms with van der Waals surface area (Å²) < 4.78 is 12.1. The first-order chi connectivity index (χ1) is 18.9. The van der Waals surface area contributed by atoms with E-state index in [9.17, 15) is 24.3 Å². The minimum Gasteiger partial charge on any atom is -0.478 e. The largest absolute Gasteiger partial charge is 0.478 e. The summed E-state index contributed by atoms with van der Waals surface area (Å²) in [4.78, 5) is 51.9. The molecule has 2 atom stereocenters. The zero-order valence-electron chi connectivity index (χ0n) is 21.0. The highest BCUT2D eigenvalue weighted by atomic mass is 16.5. The zero-order valence-corrected chi connectivity index (χ0v) is 21.0. The molecule has 2 aliphatic rings. The highest BCUT2D eigenvalue weighted by Crippen LogP contribution is 2.26. The Morgan fingerprint density at radius 2 is 1.72 bits per heavy atom. The maximum absolute atomic E-state index is 13.1. The molecule has 0 unspecified atom stereocenters. The molecule has 0 saturated carbocycles. The molecule has 5 rings (SSSR count). The average molecular weight is 530 g/mol. The SMILES string of the molecule is O=C1CCNC(=O)c2cc(cc(C(=O)O)c2)Oc2cccc(c2)CO[C@H]2CN(C(=O)c3ccccc3)C[C@@H]2N1. The van der Waals surface area contributed by atoms with Gasteiger partial charge in [-0.15, -0.1) is 0 Å². The number of fused-ring (bicyclic) bond motifs is 5. The quantitative estimate of drug-likeness (QED) is 0.465. The number of rotatable bonds is 2. The lowest BCUT2D eigenvalue weighted by atomic mass is 10.1. The van der Waals surface area contributed by atoms with Gasteiger partial charge in [-0.1, -0.05) is 30.3 Å². The Morgan fingerprint density at radius 3 is 2.51 bits per heavy atom. The van der Waals surface area contributed by atoms with E-state index in [1.807, 2.05) is 12.1 Å². The Morgan fingerprint density at radius 1 is 0.897 bits per heavy atom. The van der Waals surface area contributed by atoms with Crippen LogP contribution in [0.1, 0.15) is 43.1 Å². The van der Waals surface area contributed by atoms with Gasteiger partial charge in [0, 0.05) is 37.2 Å². The number of ether oxygens (including phenoxy) is 2. The van der Waals surface area contributed by atoms with Crippen LogP contribution in [0.5, 0.6) is 11.5 Å². The van der Waals surface area contributed by atoms with Crippen LogP contribution in [0.15, 0.2) is 72.8 Å². The van der Waals surface area contributed by atoms with Crippen LogP contribution < -0.4 is 15.4 Å². The van der Waals surface area contributed by atoms with E-state index in [1.165, 1.54) is 18.2 Å². The number of carboxylic acids is 1. The van der Waals surface area contributed by atoms with Crippen molar-refractivity contribution in [1.29, 1.82) is 0 Å². The summed E-state index contributed by atoms with van der Waals surface area (Å²) in [6.45, 7) is 0.810. The van der Waals surface area contributed by atoms with Crippen LogP contribution in [-0.4, -0.2) is 65.5 Å². The van der Waals surface area contributed by atoms with Crippen molar-refractivity contribution in [3.05, 3.63) is 95.1 Å². The van der Waals surface area contributed by atoms with Crippen molar-refractivity contribution in [1.82, 2.24) is 15.5 Å². The summed E-state index contributed by atoms with van der Waals surface area (Å²) in [7, 11) is 0. The molecule has 3 aromatic rings. The molecule has 0 spiro atoms. The number of carbonyl (C=O) groups excluding carboxylic acids is 3. The van der Waals surface area contributed by atoms with Crippen LogP contribution in [-0.2, 0) is 16.1 Å². The number of benzene rings is 3. The Kier molecular flexibility index (Phi) is 7.55. The van der Waals surface area contributed by atoms with Gasteiger partial charge in [0.15, 0.2) is 0 Å². The molecule has 200 valence electrons. The Balaban J connectivity index is 1.40. The number of carboxylic acid groups (broad SMARTS) is 1. The smallest absolute Gasteiger partial charge is 0.335 e. The number of amides is 3. The minimum atomic E-state index is -1.20. The fourth-order valence-electron chi connectivity index (χ4n) is 4.63. The van der Waals surface area contributed by atoms with E-state index in [0.717, 1.165) is 5.56 Å². The first-order valence-electron chi connectivity index (χ1n) is 12.5. The highest BCUT2D eigenvalue weighted by molar-refractivity contribution is 5.98. The van der Waals surface area contributed by atoms with Crippen molar-refractivity contribution >= 4 is 23.7 Å². The van der Waals surface area contributed by atoms with Crippen LogP contribution in [0, 0.1) is 0 Å². The molecule has 0 aromatic heterocycles. The third kappa shape index (κ3) is 6.24. The number of nitrogens with one attached hydrogen (secondary N) is 2. The van der Waals surface area contributed by atoms with E-state index < -0.39 is 24.0 Å². The Labute approximate surface area is 224 Å². The summed E-state index contributed by atoms with van der Waals surface area (Å²) in [5, 5.41) is 15.1. The second-order valence-corrected chi connectivity index (χ2v) is 9.41. The van der Waals surface area contributed by atoms with Crippen LogP contribution in [0.4, 0.5) is 0 Å². The van der Waals surface area contributed by atoms with Crippen molar-refractivity contribution in [2.75, 3.05) is 19.6 Å². The normalized spacial score (nSPS) is 19.6. The van der Waals surface area contributed by atoms with Crippen molar-refractivity contribution in [3.63, 3.8) is 0 Å². The molecule has 10 heteroatoms. The maximum atomic E-state index is 13.1. The number of likely N-dealkylation sites (tertiary alicyclic amines) is 1. The number of aromatic carboxylic acids is 1. The molecule has 4 bridgehead atoms. The second-order valence-electron chi connectivity index (χ2n) is 9.41.